The zero-order chi connectivity index (χ0) is 14.8. The molecule has 1 atom stereocenters. The average Bonchev–Trinajstić information content (AvgIpc) is 2.90. The fourth-order valence-electron chi connectivity index (χ4n) is 2.50. The summed E-state index contributed by atoms with van der Waals surface area (Å²) < 4.78 is 5.71. The molecule has 0 bridgehead atoms. The van der Waals surface area contributed by atoms with Crippen LogP contribution < -0.4 is 4.74 Å². The fourth-order valence-corrected chi connectivity index (χ4v) is 4.89. The van der Waals surface area contributed by atoms with E-state index in [-0.39, 0.29) is 6.10 Å². The van der Waals surface area contributed by atoms with Crippen LogP contribution in [0.1, 0.15) is 40.8 Å². The molecule has 2 nitrogen and oxygen atoms in total. The van der Waals surface area contributed by atoms with Crippen LogP contribution in [0, 0.1) is 0 Å². The monoisotopic (exact) mass is 320 g/mol. The zero-order valence-electron chi connectivity index (χ0n) is 12.3. The zero-order valence-corrected chi connectivity index (χ0v) is 14.0. The standard InChI is InChI=1S/C17H20O2S2/c1-11(2)19-14-5-3-4-12(8-14)17(18)16-9-13-10-20-7-6-15(13)21-16/h3-5,8-9,11,17-18H,6-7,10H2,1-2H3. The maximum atomic E-state index is 10.6. The van der Waals surface area contributed by atoms with E-state index >= 15 is 0 Å². The number of hydrogen-bond donors (Lipinski definition) is 1. The van der Waals surface area contributed by atoms with E-state index < -0.39 is 6.10 Å². The fraction of sp³-hybridized carbons (Fsp3) is 0.412. The number of fused-ring (bicyclic) bond motifs is 1. The Hall–Kier alpha value is -0.970. The summed E-state index contributed by atoms with van der Waals surface area (Å²) >= 11 is 3.73. The van der Waals surface area contributed by atoms with Crippen molar-refractivity contribution in [3.05, 3.63) is 51.2 Å². The Bertz CT molecular complexity index is 596. The van der Waals surface area contributed by atoms with E-state index in [0.29, 0.717) is 0 Å². The van der Waals surface area contributed by atoms with Crippen molar-refractivity contribution in [2.45, 2.75) is 38.2 Å². The lowest BCUT2D eigenvalue weighted by Gasteiger charge is -2.13. The molecule has 0 saturated carbocycles. The summed E-state index contributed by atoms with van der Waals surface area (Å²) in [5, 5.41) is 10.6. The van der Waals surface area contributed by atoms with E-state index in [1.165, 1.54) is 16.2 Å². The second kappa shape index (κ2) is 6.42. The molecular formula is C17H20O2S2. The molecule has 0 aliphatic carbocycles. The van der Waals surface area contributed by atoms with Gasteiger partial charge in [0.05, 0.1) is 6.10 Å². The van der Waals surface area contributed by atoms with Gasteiger partial charge in [0.25, 0.3) is 0 Å². The van der Waals surface area contributed by atoms with Crippen molar-refractivity contribution in [2.24, 2.45) is 0 Å². The van der Waals surface area contributed by atoms with Crippen LogP contribution in [0.3, 0.4) is 0 Å². The Labute approximate surface area is 134 Å². The third-order valence-corrected chi connectivity index (χ3v) is 5.76. The van der Waals surface area contributed by atoms with Gasteiger partial charge in [-0.3, -0.25) is 0 Å². The molecule has 1 unspecified atom stereocenters. The highest BCUT2D eigenvalue weighted by Crippen LogP contribution is 2.37. The molecule has 0 amide bonds. The van der Waals surface area contributed by atoms with Crippen molar-refractivity contribution in [3.63, 3.8) is 0 Å². The molecule has 2 aromatic rings. The van der Waals surface area contributed by atoms with Crippen molar-refractivity contribution in [3.8, 4) is 5.75 Å². The van der Waals surface area contributed by atoms with Gasteiger partial charge in [-0.05, 0) is 55.3 Å². The first-order chi connectivity index (χ1) is 10.1. The second-order valence-electron chi connectivity index (χ2n) is 5.54. The first-order valence-electron chi connectivity index (χ1n) is 7.27. The van der Waals surface area contributed by atoms with Gasteiger partial charge in [0.2, 0.25) is 0 Å². The second-order valence-corrected chi connectivity index (χ2v) is 7.81. The molecule has 1 aromatic carbocycles. The largest absolute Gasteiger partial charge is 0.491 e. The van der Waals surface area contributed by atoms with E-state index in [9.17, 15) is 5.11 Å². The van der Waals surface area contributed by atoms with E-state index in [1.807, 2.05) is 49.9 Å². The molecule has 0 radical (unpaired) electrons. The van der Waals surface area contributed by atoms with Crippen LogP contribution in [0.5, 0.6) is 5.75 Å². The molecule has 2 heterocycles. The number of ether oxygens (including phenoxy) is 1. The molecule has 4 heteroatoms. The third-order valence-electron chi connectivity index (χ3n) is 3.46. The summed E-state index contributed by atoms with van der Waals surface area (Å²) in [6.07, 6.45) is 0.721. The Morgan fingerprint density at radius 3 is 2.86 bits per heavy atom. The number of rotatable bonds is 4. The first kappa shape index (κ1) is 14.9. The van der Waals surface area contributed by atoms with Gasteiger partial charge in [-0.2, -0.15) is 11.8 Å². The van der Waals surface area contributed by atoms with Crippen molar-refractivity contribution in [2.75, 3.05) is 5.75 Å². The highest BCUT2D eigenvalue weighted by molar-refractivity contribution is 7.98. The van der Waals surface area contributed by atoms with Crippen molar-refractivity contribution < 1.29 is 9.84 Å². The lowest BCUT2D eigenvalue weighted by atomic mass is 10.1. The quantitative estimate of drug-likeness (QED) is 0.905. The van der Waals surface area contributed by atoms with E-state index in [2.05, 4.69) is 6.07 Å². The highest BCUT2D eigenvalue weighted by atomic mass is 32.2. The molecule has 1 N–H and O–H groups in total. The highest BCUT2D eigenvalue weighted by Gasteiger charge is 2.19. The van der Waals surface area contributed by atoms with Crippen LogP contribution >= 0.6 is 23.1 Å². The third kappa shape index (κ3) is 3.44. The molecule has 1 aliphatic rings. The molecule has 112 valence electrons. The Balaban J connectivity index is 1.84. The van der Waals surface area contributed by atoms with Crippen LogP contribution in [0.15, 0.2) is 30.3 Å². The van der Waals surface area contributed by atoms with Crippen molar-refractivity contribution in [1.82, 2.24) is 0 Å². The number of thiophene rings is 1. The number of aliphatic hydroxyl groups is 1. The Morgan fingerprint density at radius 1 is 1.24 bits per heavy atom. The van der Waals surface area contributed by atoms with Gasteiger partial charge in [-0.15, -0.1) is 11.3 Å². The van der Waals surface area contributed by atoms with Gasteiger partial charge >= 0.3 is 0 Å². The topological polar surface area (TPSA) is 29.5 Å². The average molecular weight is 320 g/mol. The minimum Gasteiger partial charge on any atom is -0.491 e. The lowest BCUT2D eigenvalue weighted by Crippen LogP contribution is -2.06. The molecule has 0 saturated heterocycles. The van der Waals surface area contributed by atoms with Gasteiger partial charge in [-0.1, -0.05) is 12.1 Å². The van der Waals surface area contributed by atoms with Crippen LogP contribution in [0.4, 0.5) is 0 Å². The minimum atomic E-state index is -0.554. The predicted molar refractivity (Wildman–Crippen MR) is 90.5 cm³/mol. The van der Waals surface area contributed by atoms with Crippen molar-refractivity contribution in [1.29, 1.82) is 0 Å². The molecule has 1 aliphatic heterocycles. The SMILES string of the molecule is CC(C)Oc1cccc(C(O)c2cc3c(s2)CCSC3)c1. The molecule has 0 spiro atoms. The number of thioether (sulfide) groups is 1. The summed E-state index contributed by atoms with van der Waals surface area (Å²) in [6.45, 7) is 4.02. The smallest absolute Gasteiger partial charge is 0.120 e. The molecule has 3 rings (SSSR count). The van der Waals surface area contributed by atoms with Crippen molar-refractivity contribution >= 4 is 23.1 Å². The summed E-state index contributed by atoms with van der Waals surface area (Å²) in [6, 6.07) is 9.96. The molecule has 21 heavy (non-hydrogen) atoms. The Morgan fingerprint density at radius 2 is 2.10 bits per heavy atom. The lowest BCUT2D eigenvalue weighted by molar-refractivity contribution is 0.219. The van der Waals surface area contributed by atoms with E-state index in [4.69, 9.17) is 4.74 Å². The number of benzene rings is 1. The first-order valence-corrected chi connectivity index (χ1v) is 9.24. The van der Waals surface area contributed by atoms with Gasteiger partial charge in [-0.25, -0.2) is 0 Å². The van der Waals surface area contributed by atoms with Gasteiger partial charge in [0.15, 0.2) is 0 Å². The maximum Gasteiger partial charge on any atom is 0.120 e. The predicted octanol–water partition coefficient (Wildman–Crippen LogP) is 4.41. The van der Waals surface area contributed by atoms with Crippen LogP contribution in [0.2, 0.25) is 0 Å². The summed E-state index contributed by atoms with van der Waals surface area (Å²) in [5.41, 5.74) is 2.30. The Kier molecular flexibility index (Phi) is 4.57. The minimum absolute atomic E-state index is 0.142. The van der Waals surface area contributed by atoms with Gasteiger partial charge in [0, 0.05) is 15.5 Å². The van der Waals surface area contributed by atoms with Crippen LogP contribution in [0.25, 0.3) is 0 Å². The van der Waals surface area contributed by atoms with E-state index in [0.717, 1.165) is 28.4 Å². The number of hydrogen-bond acceptors (Lipinski definition) is 4. The van der Waals surface area contributed by atoms with Crippen LogP contribution in [-0.4, -0.2) is 17.0 Å². The summed E-state index contributed by atoms with van der Waals surface area (Å²) in [7, 11) is 0. The normalized spacial score (nSPS) is 15.8. The summed E-state index contributed by atoms with van der Waals surface area (Å²) in [5.74, 6) is 3.09. The number of aryl methyl sites for hydroxylation is 1. The number of aliphatic hydroxyl groups excluding tert-OH is 1. The molecule has 1 aromatic heterocycles. The van der Waals surface area contributed by atoms with Gasteiger partial charge < -0.3 is 9.84 Å². The molecular weight excluding hydrogens is 300 g/mol. The molecule has 0 fully saturated rings. The van der Waals surface area contributed by atoms with E-state index in [1.54, 1.807) is 11.3 Å². The maximum absolute atomic E-state index is 10.6. The van der Waals surface area contributed by atoms with Gasteiger partial charge in [0.1, 0.15) is 11.9 Å². The summed E-state index contributed by atoms with van der Waals surface area (Å²) in [4.78, 5) is 2.49. The van der Waals surface area contributed by atoms with Crippen LogP contribution in [-0.2, 0) is 12.2 Å².